The Morgan fingerprint density at radius 3 is 2.69 bits per heavy atom. The van der Waals surface area contributed by atoms with Crippen LogP contribution in [0.2, 0.25) is 0 Å². The first kappa shape index (κ1) is 7.67. The maximum atomic E-state index is 12.1. The smallest absolute Gasteiger partial charge is 0.254 e. The zero-order valence-electron chi connectivity index (χ0n) is 8.76. The van der Waals surface area contributed by atoms with Gasteiger partial charge in [0.2, 0.25) is 0 Å². The molecule has 4 nitrogen and oxygen atoms in total. The Morgan fingerprint density at radius 1 is 1.19 bits per heavy atom. The van der Waals surface area contributed by atoms with Crippen molar-refractivity contribution in [3.8, 4) is 0 Å². The number of carbonyl (C=O) groups excluding carboxylic acids is 1. The van der Waals surface area contributed by atoms with Crippen LogP contribution < -0.4 is 11.1 Å². The Hall–Kier alpha value is -0.610. The van der Waals surface area contributed by atoms with Gasteiger partial charge in [0.15, 0.2) is 0 Å². The van der Waals surface area contributed by atoms with E-state index >= 15 is 0 Å². The van der Waals surface area contributed by atoms with Gasteiger partial charge in [0.05, 0.1) is 5.66 Å². The number of rotatable bonds is 0. The number of piperidine rings is 2. The van der Waals surface area contributed by atoms with E-state index in [4.69, 9.17) is 5.73 Å². The van der Waals surface area contributed by atoms with Crippen molar-refractivity contribution in [2.24, 2.45) is 53.1 Å². The highest BCUT2D eigenvalue weighted by Crippen LogP contribution is 2.87. The van der Waals surface area contributed by atoms with Crippen LogP contribution in [0.3, 0.4) is 0 Å². The summed E-state index contributed by atoms with van der Waals surface area (Å²) in [4.78, 5) is 12.1. The molecule has 1 amide bonds. The molecule has 0 aromatic heterocycles. The van der Waals surface area contributed by atoms with E-state index in [2.05, 4.69) is 5.32 Å². The number of nitrogens with one attached hydrogen (secondary N) is 1. The lowest BCUT2D eigenvalue weighted by Gasteiger charge is -2.62. The van der Waals surface area contributed by atoms with Gasteiger partial charge in [0, 0.05) is 23.7 Å². The Balaban J connectivity index is 1.78. The summed E-state index contributed by atoms with van der Waals surface area (Å²) in [7, 11) is 0. The predicted molar refractivity (Wildman–Crippen MR) is 52.5 cm³/mol. The van der Waals surface area contributed by atoms with Crippen LogP contribution in [0.1, 0.15) is 6.42 Å². The third kappa shape index (κ3) is 0.371. The average molecular weight is 218 g/mol. The third-order valence-electron chi connectivity index (χ3n) is 7.32. The maximum absolute atomic E-state index is 12.1. The van der Waals surface area contributed by atoms with Crippen molar-refractivity contribution in [2.45, 2.75) is 17.7 Å². The standard InChI is InChI=1S/C12H14N2O2/c13-12-7-3-1-2-4-5(3)9(12)8(4)11(16,6(2)7)10(15)14-12/h2-9,16H,1,13H2,(H,14,15)/t2-,3-,4+,5+,6+,7-,8+,9+,11+,12-/m0/s1. The maximum Gasteiger partial charge on any atom is 0.254 e. The Morgan fingerprint density at radius 2 is 1.88 bits per heavy atom. The summed E-state index contributed by atoms with van der Waals surface area (Å²) in [6.07, 6.45) is 1.23. The van der Waals surface area contributed by atoms with Crippen molar-refractivity contribution in [2.75, 3.05) is 0 Å². The fourth-order valence-electron chi connectivity index (χ4n) is 7.49. The molecule has 10 atom stereocenters. The number of hydrogen-bond acceptors (Lipinski definition) is 3. The average Bonchev–Trinajstić information content (AvgIpc) is 2.66. The number of nitrogens with two attached hydrogens (primary N) is 1. The third-order valence-corrected chi connectivity index (χ3v) is 7.32. The van der Waals surface area contributed by atoms with Gasteiger partial charge in [-0.1, -0.05) is 0 Å². The van der Waals surface area contributed by atoms with E-state index in [0.29, 0.717) is 29.6 Å². The van der Waals surface area contributed by atoms with E-state index in [9.17, 15) is 9.90 Å². The molecular weight excluding hydrogens is 204 g/mol. The summed E-state index contributed by atoms with van der Waals surface area (Å²) in [6, 6.07) is 0. The minimum absolute atomic E-state index is 0.161. The number of hydrogen-bond donors (Lipinski definition) is 3. The molecule has 0 radical (unpaired) electrons. The highest BCUT2D eigenvalue weighted by atomic mass is 16.3. The largest absolute Gasteiger partial charge is 0.379 e. The first-order chi connectivity index (χ1) is 7.60. The second-order valence-electron chi connectivity index (χ2n) is 7.03. The Kier molecular flexibility index (Phi) is 0.758. The van der Waals surface area contributed by atoms with Crippen LogP contribution in [-0.4, -0.2) is 22.3 Å². The second-order valence-corrected chi connectivity index (χ2v) is 7.03. The first-order valence-electron chi connectivity index (χ1n) is 6.44. The zero-order valence-corrected chi connectivity index (χ0v) is 8.76. The van der Waals surface area contributed by atoms with Crippen LogP contribution in [0.4, 0.5) is 0 Å². The van der Waals surface area contributed by atoms with Crippen LogP contribution in [0, 0.1) is 47.3 Å². The molecule has 4 heteroatoms. The van der Waals surface area contributed by atoms with Crippen LogP contribution in [-0.2, 0) is 4.79 Å². The first-order valence-corrected chi connectivity index (χ1v) is 6.44. The summed E-state index contributed by atoms with van der Waals surface area (Å²) < 4.78 is 0. The molecule has 5 saturated carbocycles. The van der Waals surface area contributed by atoms with Gasteiger partial charge in [-0.25, -0.2) is 0 Å². The molecule has 0 aromatic carbocycles. The van der Waals surface area contributed by atoms with Crippen LogP contribution in [0.15, 0.2) is 0 Å². The lowest BCUT2D eigenvalue weighted by molar-refractivity contribution is -0.207. The van der Waals surface area contributed by atoms with E-state index in [1.165, 1.54) is 6.42 Å². The van der Waals surface area contributed by atoms with E-state index in [1.54, 1.807) is 0 Å². The molecule has 7 fully saturated rings. The minimum Gasteiger partial charge on any atom is -0.379 e. The van der Waals surface area contributed by atoms with Gasteiger partial charge in [0.1, 0.15) is 5.60 Å². The Bertz CT molecular complexity index is 493. The van der Waals surface area contributed by atoms with Crippen molar-refractivity contribution >= 4 is 5.91 Å². The summed E-state index contributed by atoms with van der Waals surface area (Å²) in [6.45, 7) is 0. The van der Waals surface area contributed by atoms with Crippen molar-refractivity contribution < 1.29 is 9.90 Å². The van der Waals surface area contributed by atoms with Gasteiger partial charge in [-0.3, -0.25) is 4.79 Å². The molecule has 7 rings (SSSR count). The van der Waals surface area contributed by atoms with Gasteiger partial charge < -0.3 is 16.2 Å². The van der Waals surface area contributed by atoms with Gasteiger partial charge in [0.25, 0.3) is 5.91 Å². The molecule has 2 aliphatic heterocycles. The number of amides is 1. The quantitative estimate of drug-likeness (QED) is 0.482. The number of fused-ring (bicyclic) bond motifs is 1. The monoisotopic (exact) mass is 218 g/mol. The molecule has 2 saturated heterocycles. The number of carbonyl (C=O) groups is 1. The fourth-order valence-corrected chi connectivity index (χ4v) is 7.49. The highest BCUT2D eigenvalue weighted by molar-refractivity contribution is 5.91. The Labute approximate surface area is 92.6 Å². The van der Waals surface area contributed by atoms with Crippen LogP contribution in [0.5, 0.6) is 0 Å². The SMILES string of the molecule is N[C@@]12NC(=O)[C@@]3(O)[C@@H]4[C@H]5C[C@@H]([C@@H]6[C@@H]5[C@@H]3[C@@H]61)[C@@H]42. The molecule has 84 valence electrons. The lowest BCUT2D eigenvalue weighted by atomic mass is 9.50. The van der Waals surface area contributed by atoms with E-state index in [-0.39, 0.29) is 17.7 Å². The van der Waals surface area contributed by atoms with Crippen molar-refractivity contribution in [3.05, 3.63) is 0 Å². The molecule has 0 unspecified atom stereocenters. The van der Waals surface area contributed by atoms with Crippen LogP contribution in [0.25, 0.3) is 0 Å². The van der Waals surface area contributed by atoms with E-state index in [1.807, 2.05) is 0 Å². The molecule has 16 heavy (non-hydrogen) atoms. The second kappa shape index (κ2) is 1.58. The van der Waals surface area contributed by atoms with E-state index in [0.717, 1.165) is 5.92 Å². The minimum atomic E-state index is -1.03. The van der Waals surface area contributed by atoms with Crippen molar-refractivity contribution in [3.63, 3.8) is 0 Å². The molecule has 7 aliphatic rings. The molecule has 0 aromatic rings. The highest BCUT2D eigenvalue weighted by Gasteiger charge is 2.94. The molecule has 4 bridgehead atoms. The summed E-state index contributed by atoms with van der Waals surface area (Å²) in [5.41, 5.74) is 5.02. The van der Waals surface area contributed by atoms with Gasteiger partial charge >= 0.3 is 0 Å². The molecule has 2 heterocycles. The number of aliphatic hydroxyl groups is 1. The normalized spacial score (nSPS) is 83.2. The zero-order chi connectivity index (χ0) is 10.6. The van der Waals surface area contributed by atoms with Crippen molar-refractivity contribution in [1.29, 1.82) is 0 Å². The molecule has 4 N–H and O–H groups in total. The summed E-state index contributed by atoms with van der Waals surface area (Å²) in [5, 5.41) is 13.8. The topological polar surface area (TPSA) is 75.3 Å². The lowest BCUT2D eigenvalue weighted by Crippen LogP contribution is -2.83. The molecule has 5 aliphatic carbocycles. The van der Waals surface area contributed by atoms with E-state index < -0.39 is 11.3 Å². The fraction of sp³-hybridized carbons (Fsp3) is 0.917. The van der Waals surface area contributed by atoms with Gasteiger partial charge in [-0.05, 0) is 30.1 Å². The molecule has 0 spiro atoms. The predicted octanol–water partition coefficient (Wildman–Crippen LogP) is -1.11. The van der Waals surface area contributed by atoms with Crippen LogP contribution >= 0.6 is 0 Å². The molecular formula is C12H14N2O2. The van der Waals surface area contributed by atoms with Gasteiger partial charge in [-0.15, -0.1) is 0 Å². The summed E-state index contributed by atoms with van der Waals surface area (Å²) in [5.74, 6) is 3.70. The van der Waals surface area contributed by atoms with Crippen molar-refractivity contribution in [1.82, 2.24) is 5.32 Å². The summed E-state index contributed by atoms with van der Waals surface area (Å²) >= 11 is 0. The van der Waals surface area contributed by atoms with Gasteiger partial charge in [-0.2, -0.15) is 0 Å².